The number of methoxy groups -OCH3 is 1. The van der Waals surface area contributed by atoms with Crippen LogP contribution in [0.25, 0.3) is 0 Å². The third kappa shape index (κ3) is 9.81. The normalized spacial score (nSPS) is 20.2. The minimum atomic E-state index is -3.39. The molecule has 0 aliphatic carbocycles. The van der Waals surface area contributed by atoms with E-state index in [-0.39, 0.29) is 13.2 Å². The van der Waals surface area contributed by atoms with E-state index in [1.807, 2.05) is 93.6 Å². The van der Waals surface area contributed by atoms with E-state index in [1.165, 1.54) is 0 Å². The van der Waals surface area contributed by atoms with Crippen LogP contribution in [0.4, 0.5) is 0 Å². The Morgan fingerprint density at radius 2 is 0.967 bits per heavy atom. The maximum absolute atomic E-state index is 13.4. The van der Waals surface area contributed by atoms with Gasteiger partial charge in [-0.3, -0.25) is 4.79 Å². The monoisotopic (exact) mass is 860 g/mol. The number of hydrogen-bond donors (Lipinski definition) is 1. The Balaban J connectivity index is 1.61. The number of aliphatic hydroxyl groups excluding tert-OH is 1. The Morgan fingerprint density at radius 3 is 1.33 bits per heavy atom. The highest BCUT2D eigenvalue weighted by molar-refractivity contribution is 7.00. The van der Waals surface area contributed by atoms with Crippen molar-refractivity contribution >= 4 is 43.4 Å². The van der Waals surface area contributed by atoms with Crippen LogP contribution >= 0.6 is 0 Å². The minimum absolute atomic E-state index is 0.171. The number of carbonyl (C=O) groups excluding carboxylic acids is 1. The lowest BCUT2D eigenvalue weighted by Gasteiger charge is -2.54. The van der Waals surface area contributed by atoms with Crippen molar-refractivity contribution in [2.24, 2.45) is 5.41 Å². The fraction of sp³-hybridized carbons (Fsp3) is 0.392. The first kappa shape index (κ1) is 46.1. The zero-order valence-electron chi connectivity index (χ0n) is 37.5. The Hall–Kier alpha value is -4.40. The Kier molecular flexibility index (Phi) is 14.3. The molecule has 1 heterocycles. The molecule has 6 rings (SSSR count). The maximum atomic E-state index is 13.4. The quantitative estimate of drug-likeness (QED) is 0.0895. The fourth-order valence-corrected chi connectivity index (χ4v) is 17.9. The van der Waals surface area contributed by atoms with E-state index in [0.717, 1.165) is 32.1 Å². The standard InChI is InChI=1S/C51H64O8Si2/c1-49(2,3)48(53)56-36-43-44(55-35-37-31-33-38(54-10)34-32-37)45(58-60(50(4,5)6,39-23-15-11-16-24-39)40-25-17-12-18-26-40)46(47(52)57-43)59-61(51(7,8)9,41-27-19-13-20-28-41)42-29-21-14-22-30-42/h11-34,43-47,52H,35-36H2,1-10H3/t43-,44-,45+,46-,47+/m1/s1. The van der Waals surface area contributed by atoms with Crippen LogP contribution in [-0.4, -0.2) is 72.1 Å². The van der Waals surface area contributed by atoms with Crippen molar-refractivity contribution in [3.8, 4) is 5.75 Å². The molecule has 1 saturated heterocycles. The third-order valence-corrected chi connectivity index (χ3v) is 21.7. The van der Waals surface area contributed by atoms with Gasteiger partial charge < -0.3 is 32.9 Å². The zero-order valence-corrected chi connectivity index (χ0v) is 39.5. The van der Waals surface area contributed by atoms with Crippen molar-refractivity contribution in [2.45, 2.75) is 110 Å². The van der Waals surface area contributed by atoms with E-state index in [0.29, 0.717) is 0 Å². The number of aliphatic hydroxyl groups is 1. The number of hydrogen-bond acceptors (Lipinski definition) is 8. The Bertz CT molecular complexity index is 2050. The molecule has 0 amide bonds. The molecule has 1 aliphatic rings. The van der Waals surface area contributed by atoms with Crippen molar-refractivity contribution in [1.29, 1.82) is 0 Å². The molecule has 0 unspecified atom stereocenters. The smallest absolute Gasteiger partial charge is 0.311 e. The fourth-order valence-electron chi connectivity index (χ4n) is 8.57. The highest BCUT2D eigenvalue weighted by Crippen LogP contribution is 2.44. The van der Waals surface area contributed by atoms with Gasteiger partial charge in [0.15, 0.2) is 6.29 Å². The van der Waals surface area contributed by atoms with Crippen LogP contribution in [0.15, 0.2) is 146 Å². The van der Waals surface area contributed by atoms with E-state index < -0.39 is 68.8 Å². The number of esters is 1. The summed E-state index contributed by atoms with van der Waals surface area (Å²) < 4.78 is 41.1. The number of rotatable bonds is 14. The predicted octanol–water partition coefficient (Wildman–Crippen LogP) is 7.78. The van der Waals surface area contributed by atoms with E-state index >= 15 is 0 Å². The Labute approximate surface area is 365 Å². The van der Waals surface area contributed by atoms with Crippen molar-refractivity contribution in [3.05, 3.63) is 151 Å². The molecule has 0 spiro atoms. The van der Waals surface area contributed by atoms with E-state index in [2.05, 4.69) is 114 Å². The van der Waals surface area contributed by atoms with Gasteiger partial charge in [-0.2, -0.15) is 0 Å². The molecule has 0 radical (unpaired) electrons. The molecule has 0 saturated carbocycles. The van der Waals surface area contributed by atoms with Gasteiger partial charge in [-0.05, 0) is 69.3 Å². The topological polar surface area (TPSA) is 92.7 Å². The molecule has 5 aromatic rings. The van der Waals surface area contributed by atoms with Gasteiger partial charge in [0.1, 0.15) is 36.8 Å². The van der Waals surface area contributed by atoms with Gasteiger partial charge in [0.25, 0.3) is 16.6 Å². The second-order valence-electron chi connectivity index (χ2n) is 19.0. The van der Waals surface area contributed by atoms with Crippen LogP contribution in [0.2, 0.25) is 10.1 Å². The lowest BCUT2D eigenvalue weighted by Crippen LogP contribution is -2.75. The summed E-state index contributed by atoms with van der Waals surface area (Å²) in [6.45, 7) is 18.7. The molecule has 0 aromatic heterocycles. The summed E-state index contributed by atoms with van der Waals surface area (Å²) in [5.41, 5.74) is 0.123. The molecule has 1 N–H and O–H groups in total. The van der Waals surface area contributed by atoms with Gasteiger partial charge in [-0.15, -0.1) is 0 Å². The molecule has 61 heavy (non-hydrogen) atoms. The van der Waals surface area contributed by atoms with Crippen LogP contribution in [0, 0.1) is 5.41 Å². The molecular formula is C51H64O8Si2. The van der Waals surface area contributed by atoms with Crippen LogP contribution in [0.3, 0.4) is 0 Å². The summed E-state index contributed by atoms with van der Waals surface area (Å²) in [6, 6.07) is 49.2. The van der Waals surface area contributed by atoms with Crippen molar-refractivity contribution in [2.75, 3.05) is 13.7 Å². The first-order valence-electron chi connectivity index (χ1n) is 21.3. The number of carbonyl (C=O) groups is 1. The number of ether oxygens (including phenoxy) is 4. The van der Waals surface area contributed by atoms with Crippen LogP contribution < -0.4 is 25.5 Å². The third-order valence-electron chi connectivity index (χ3n) is 11.7. The first-order valence-corrected chi connectivity index (χ1v) is 25.1. The van der Waals surface area contributed by atoms with Gasteiger partial charge in [-0.1, -0.05) is 175 Å². The summed E-state index contributed by atoms with van der Waals surface area (Å²) in [5.74, 6) is 0.334. The molecule has 10 heteroatoms. The zero-order chi connectivity index (χ0) is 44.1. The van der Waals surface area contributed by atoms with Crippen LogP contribution in [0.1, 0.15) is 67.9 Å². The summed E-state index contributed by atoms with van der Waals surface area (Å²) >= 11 is 0. The molecule has 5 aromatic carbocycles. The average molecular weight is 861 g/mol. The van der Waals surface area contributed by atoms with Crippen molar-refractivity contribution in [3.63, 3.8) is 0 Å². The minimum Gasteiger partial charge on any atom is -0.497 e. The molecule has 324 valence electrons. The van der Waals surface area contributed by atoms with Crippen molar-refractivity contribution in [1.82, 2.24) is 0 Å². The summed E-state index contributed by atoms with van der Waals surface area (Å²) in [6.07, 6.45) is -5.31. The SMILES string of the molecule is COc1ccc(CO[C@H]2[C@H](O[Si](c3ccccc3)(c3ccccc3)C(C)(C)C)[C@@H](O[Si](c3ccccc3)(c3ccccc3)C(C)(C)C)[C@@H](O)O[C@@H]2COC(=O)C(C)(C)C)cc1. The average Bonchev–Trinajstić information content (AvgIpc) is 3.24. The predicted molar refractivity (Wildman–Crippen MR) is 248 cm³/mol. The summed E-state index contributed by atoms with van der Waals surface area (Å²) in [4.78, 5) is 13.4. The highest BCUT2D eigenvalue weighted by Gasteiger charge is 2.60. The Morgan fingerprint density at radius 1 is 0.574 bits per heavy atom. The largest absolute Gasteiger partial charge is 0.497 e. The van der Waals surface area contributed by atoms with Crippen molar-refractivity contribution < 1.29 is 37.7 Å². The van der Waals surface area contributed by atoms with Crippen LogP contribution in [0.5, 0.6) is 5.75 Å². The molecule has 1 aliphatic heterocycles. The molecule has 0 bridgehead atoms. The molecule has 5 atom stereocenters. The molecule has 8 nitrogen and oxygen atoms in total. The number of benzene rings is 5. The molecule has 1 fully saturated rings. The van der Waals surface area contributed by atoms with Gasteiger partial charge in [0.2, 0.25) is 0 Å². The lowest BCUT2D eigenvalue weighted by molar-refractivity contribution is -0.290. The molecular weight excluding hydrogens is 797 g/mol. The lowest BCUT2D eigenvalue weighted by atomic mass is 9.97. The van der Waals surface area contributed by atoms with E-state index in [4.69, 9.17) is 27.8 Å². The van der Waals surface area contributed by atoms with Gasteiger partial charge in [0.05, 0.1) is 19.1 Å². The van der Waals surface area contributed by atoms with E-state index in [1.54, 1.807) is 7.11 Å². The van der Waals surface area contributed by atoms with E-state index in [9.17, 15) is 9.90 Å². The second kappa shape index (κ2) is 18.9. The van der Waals surface area contributed by atoms with Gasteiger partial charge in [-0.25, -0.2) is 0 Å². The summed E-state index contributed by atoms with van der Waals surface area (Å²) in [7, 11) is -5.12. The maximum Gasteiger partial charge on any atom is 0.311 e. The second-order valence-corrected chi connectivity index (χ2v) is 27.5. The van der Waals surface area contributed by atoms with Gasteiger partial charge >= 0.3 is 5.97 Å². The first-order chi connectivity index (χ1) is 28.9. The van der Waals surface area contributed by atoms with Crippen LogP contribution in [-0.2, 0) is 34.5 Å². The summed E-state index contributed by atoms with van der Waals surface area (Å²) in [5, 5.41) is 16.0. The van der Waals surface area contributed by atoms with Gasteiger partial charge in [0, 0.05) is 0 Å². The highest BCUT2D eigenvalue weighted by atomic mass is 28.4.